The Hall–Kier alpha value is -1.98. The first kappa shape index (κ1) is 15.9. The summed E-state index contributed by atoms with van der Waals surface area (Å²) < 4.78 is 27.2. The van der Waals surface area contributed by atoms with Crippen LogP contribution in [0, 0.1) is 11.6 Å². The summed E-state index contributed by atoms with van der Waals surface area (Å²) in [5.74, 6) is -1.44. The molecule has 1 aliphatic heterocycles. The minimum Gasteiger partial charge on any atom is -0.387 e. The lowest BCUT2D eigenvalue weighted by atomic mass is 10.1. The van der Waals surface area contributed by atoms with Gasteiger partial charge in [0.1, 0.15) is 11.6 Å². The molecule has 122 valence electrons. The third kappa shape index (κ3) is 3.35. The highest BCUT2D eigenvalue weighted by atomic mass is 19.1. The van der Waals surface area contributed by atoms with E-state index in [0.29, 0.717) is 6.54 Å². The summed E-state index contributed by atoms with van der Waals surface area (Å²) in [6.07, 6.45) is -0.181. The molecule has 0 aromatic heterocycles. The van der Waals surface area contributed by atoms with Crippen LogP contribution in [0.1, 0.15) is 22.8 Å². The SMILES string of the molecule is CN1CCc2cc(CNCC(O)c3c(F)cccc3F)ccc21. The zero-order valence-electron chi connectivity index (χ0n) is 13.0. The molecule has 1 atom stereocenters. The largest absolute Gasteiger partial charge is 0.387 e. The zero-order chi connectivity index (χ0) is 16.4. The smallest absolute Gasteiger partial charge is 0.131 e. The molecule has 5 heteroatoms. The summed E-state index contributed by atoms with van der Waals surface area (Å²) in [5.41, 5.74) is 3.38. The number of rotatable bonds is 5. The van der Waals surface area contributed by atoms with E-state index in [1.165, 1.54) is 17.3 Å². The van der Waals surface area contributed by atoms with E-state index in [4.69, 9.17) is 0 Å². The number of halogens is 2. The molecule has 2 N–H and O–H groups in total. The third-order valence-corrected chi connectivity index (χ3v) is 4.27. The maximum atomic E-state index is 13.6. The van der Waals surface area contributed by atoms with E-state index in [0.717, 1.165) is 30.7 Å². The maximum Gasteiger partial charge on any atom is 0.131 e. The lowest BCUT2D eigenvalue weighted by Crippen LogP contribution is -2.22. The van der Waals surface area contributed by atoms with Crippen molar-refractivity contribution in [3.8, 4) is 0 Å². The number of likely N-dealkylation sites (N-methyl/N-ethyl adjacent to an activating group) is 1. The molecule has 0 amide bonds. The van der Waals surface area contributed by atoms with Crippen LogP contribution in [0.2, 0.25) is 0 Å². The zero-order valence-corrected chi connectivity index (χ0v) is 13.0. The van der Waals surface area contributed by atoms with Gasteiger partial charge in [0.2, 0.25) is 0 Å². The number of aliphatic hydroxyl groups is 1. The lowest BCUT2D eigenvalue weighted by Gasteiger charge is -2.15. The van der Waals surface area contributed by atoms with Crippen LogP contribution in [0.3, 0.4) is 0 Å². The summed E-state index contributed by atoms with van der Waals surface area (Å²) in [4.78, 5) is 2.22. The first-order valence-corrected chi connectivity index (χ1v) is 7.72. The highest BCUT2D eigenvalue weighted by Gasteiger charge is 2.18. The molecular weight excluding hydrogens is 298 g/mol. The van der Waals surface area contributed by atoms with Gasteiger partial charge in [0, 0.05) is 32.4 Å². The summed E-state index contributed by atoms with van der Waals surface area (Å²) >= 11 is 0. The maximum absolute atomic E-state index is 13.6. The predicted molar refractivity (Wildman–Crippen MR) is 86.4 cm³/mol. The van der Waals surface area contributed by atoms with Crippen LogP contribution in [0.15, 0.2) is 36.4 Å². The fourth-order valence-electron chi connectivity index (χ4n) is 3.01. The Kier molecular flexibility index (Phi) is 4.59. The van der Waals surface area contributed by atoms with Gasteiger partial charge in [-0.2, -0.15) is 0 Å². The Morgan fingerprint density at radius 2 is 1.96 bits per heavy atom. The number of anilines is 1. The van der Waals surface area contributed by atoms with Crippen LogP contribution in [0.4, 0.5) is 14.5 Å². The Balaban J connectivity index is 1.59. The second-order valence-electron chi connectivity index (χ2n) is 5.92. The summed E-state index contributed by atoms with van der Waals surface area (Å²) in [6, 6.07) is 9.85. The molecule has 0 saturated heterocycles. The topological polar surface area (TPSA) is 35.5 Å². The molecule has 23 heavy (non-hydrogen) atoms. The lowest BCUT2D eigenvalue weighted by molar-refractivity contribution is 0.164. The second kappa shape index (κ2) is 6.64. The van der Waals surface area contributed by atoms with Gasteiger partial charge in [-0.3, -0.25) is 0 Å². The number of hydrogen-bond donors (Lipinski definition) is 2. The third-order valence-electron chi connectivity index (χ3n) is 4.27. The van der Waals surface area contributed by atoms with E-state index in [9.17, 15) is 13.9 Å². The molecule has 0 bridgehead atoms. The predicted octanol–water partition coefficient (Wildman–Crippen LogP) is 2.78. The first-order chi connectivity index (χ1) is 11.1. The molecule has 1 unspecified atom stereocenters. The van der Waals surface area contributed by atoms with Crippen LogP contribution in [0.5, 0.6) is 0 Å². The number of aliphatic hydroxyl groups excluding tert-OH is 1. The molecule has 0 saturated carbocycles. The van der Waals surface area contributed by atoms with Crippen LogP contribution in [-0.2, 0) is 13.0 Å². The number of hydrogen-bond acceptors (Lipinski definition) is 3. The van der Waals surface area contributed by atoms with Crippen molar-refractivity contribution < 1.29 is 13.9 Å². The Morgan fingerprint density at radius 1 is 1.22 bits per heavy atom. The van der Waals surface area contributed by atoms with E-state index in [1.807, 2.05) is 6.07 Å². The molecule has 0 aliphatic carbocycles. The fraction of sp³-hybridized carbons (Fsp3) is 0.333. The van der Waals surface area contributed by atoms with E-state index in [2.05, 4.69) is 29.4 Å². The van der Waals surface area contributed by atoms with Crippen LogP contribution >= 0.6 is 0 Å². The Labute approximate surface area is 134 Å². The average Bonchev–Trinajstić information content (AvgIpc) is 2.88. The van der Waals surface area contributed by atoms with Crippen molar-refractivity contribution in [2.24, 2.45) is 0 Å². The van der Waals surface area contributed by atoms with Crippen LogP contribution in [0.25, 0.3) is 0 Å². The van der Waals surface area contributed by atoms with E-state index in [1.54, 1.807) is 0 Å². The second-order valence-corrected chi connectivity index (χ2v) is 5.92. The normalized spacial score (nSPS) is 14.9. The number of fused-ring (bicyclic) bond motifs is 1. The van der Waals surface area contributed by atoms with Crippen molar-refractivity contribution in [1.29, 1.82) is 0 Å². The standard InChI is InChI=1S/C18H20F2N2O/c1-22-8-7-13-9-12(5-6-16(13)22)10-21-11-17(23)18-14(19)3-2-4-15(18)20/h2-6,9,17,21,23H,7-8,10-11H2,1H3. The highest BCUT2D eigenvalue weighted by molar-refractivity contribution is 5.58. The monoisotopic (exact) mass is 318 g/mol. The number of nitrogens with zero attached hydrogens (tertiary/aromatic N) is 1. The van der Waals surface area contributed by atoms with Gasteiger partial charge in [-0.1, -0.05) is 18.2 Å². The molecule has 1 heterocycles. The molecule has 0 radical (unpaired) electrons. The van der Waals surface area contributed by atoms with Gasteiger partial charge in [-0.25, -0.2) is 8.78 Å². The van der Waals surface area contributed by atoms with Crippen molar-refractivity contribution >= 4 is 5.69 Å². The van der Waals surface area contributed by atoms with E-state index in [-0.39, 0.29) is 12.1 Å². The molecule has 3 nitrogen and oxygen atoms in total. The first-order valence-electron chi connectivity index (χ1n) is 7.72. The average molecular weight is 318 g/mol. The molecule has 1 aliphatic rings. The van der Waals surface area contributed by atoms with Crippen molar-refractivity contribution in [3.63, 3.8) is 0 Å². The molecule has 2 aromatic rings. The van der Waals surface area contributed by atoms with Gasteiger partial charge in [0.15, 0.2) is 0 Å². The van der Waals surface area contributed by atoms with Gasteiger partial charge in [-0.15, -0.1) is 0 Å². The van der Waals surface area contributed by atoms with Crippen molar-refractivity contribution in [2.45, 2.75) is 19.1 Å². The van der Waals surface area contributed by atoms with Crippen molar-refractivity contribution in [2.75, 3.05) is 25.0 Å². The molecule has 0 spiro atoms. The minimum absolute atomic E-state index is 0.0921. The van der Waals surface area contributed by atoms with Crippen molar-refractivity contribution in [1.82, 2.24) is 5.32 Å². The number of nitrogens with one attached hydrogen (secondary N) is 1. The van der Waals surface area contributed by atoms with Gasteiger partial charge in [0.25, 0.3) is 0 Å². The number of benzene rings is 2. The summed E-state index contributed by atoms with van der Waals surface area (Å²) in [5, 5.41) is 13.1. The van der Waals surface area contributed by atoms with E-state index < -0.39 is 17.7 Å². The van der Waals surface area contributed by atoms with Gasteiger partial charge in [-0.05, 0) is 35.7 Å². The van der Waals surface area contributed by atoms with Crippen molar-refractivity contribution in [3.05, 3.63) is 64.7 Å². The van der Waals surface area contributed by atoms with Crippen LogP contribution in [-0.4, -0.2) is 25.2 Å². The molecule has 0 fully saturated rings. The van der Waals surface area contributed by atoms with Gasteiger partial charge >= 0.3 is 0 Å². The summed E-state index contributed by atoms with van der Waals surface area (Å²) in [6.45, 7) is 1.66. The molecule has 3 rings (SSSR count). The van der Waals surface area contributed by atoms with Gasteiger partial charge < -0.3 is 15.3 Å². The molecular formula is C18H20F2N2O. The van der Waals surface area contributed by atoms with E-state index >= 15 is 0 Å². The molecule has 2 aromatic carbocycles. The highest BCUT2D eigenvalue weighted by Crippen LogP contribution is 2.27. The fourth-order valence-corrected chi connectivity index (χ4v) is 3.01. The Bertz CT molecular complexity index is 685. The summed E-state index contributed by atoms with van der Waals surface area (Å²) in [7, 11) is 2.07. The van der Waals surface area contributed by atoms with Crippen LogP contribution < -0.4 is 10.2 Å². The minimum atomic E-state index is -1.21. The Morgan fingerprint density at radius 3 is 2.70 bits per heavy atom. The quantitative estimate of drug-likeness (QED) is 0.890. The van der Waals surface area contributed by atoms with Gasteiger partial charge in [0.05, 0.1) is 11.7 Å².